The predicted octanol–water partition coefficient (Wildman–Crippen LogP) is 3.39. The van der Waals surface area contributed by atoms with E-state index in [4.69, 9.17) is 4.42 Å². The van der Waals surface area contributed by atoms with Crippen LogP contribution in [0.2, 0.25) is 0 Å². The van der Waals surface area contributed by atoms with Gasteiger partial charge < -0.3 is 15.1 Å². The summed E-state index contributed by atoms with van der Waals surface area (Å²) in [4.78, 5) is 10.2. The van der Waals surface area contributed by atoms with E-state index >= 15 is 0 Å². The summed E-state index contributed by atoms with van der Waals surface area (Å²) in [6.07, 6.45) is 6.44. The first kappa shape index (κ1) is 20.0. The lowest BCUT2D eigenvalue weighted by Gasteiger charge is -2.11. The second-order valence-electron chi connectivity index (χ2n) is 5.03. The number of nitrogens with zero attached hydrogens (tertiary/aromatic N) is 2. The normalized spacial score (nSPS) is 11.1. The van der Waals surface area contributed by atoms with Crippen molar-refractivity contribution in [2.24, 2.45) is 4.99 Å². The molecule has 5 nitrogen and oxygen atoms in total. The highest BCUT2D eigenvalue weighted by Crippen LogP contribution is 2.10. The molecule has 0 atom stereocenters. The number of aromatic nitrogens is 1. The summed E-state index contributed by atoms with van der Waals surface area (Å²) < 4.78 is 5.33. The van der Waals surface area contributed by atoms with Gasteiger partial charge in [-0.25, -0.2) is 4.98 Å². The van der Waals surface area contributed by atoms with Gasteiger partial charge in [0.25, 0.3) is 0 Å². The average Bonchev–Trinajstić information content (AvgIpc) is 3.16. The lowest BCUT2D eigenvalue weighted by Crippen LogP contribution is -2.39. The Hall–Kier alpha value is -1.09. The van der Waals surface area contributed by atoms with Gasteiger partial charge in [0.1, 0.15) is 5.76 Å². The number of furan rings is 1. The molecule has 0 radical (unpaired) electrons. The van der Waals surface area contributed by atoms with E-state index in [1.807, 2.05) is 18.3 Å². The van der Waals surface area contributed by atoms with E-state index in [0.29, 0.717) is 0 Å². The third kappa shape index (κ3) is 7.83. The van der Waals surface area contributed by atoms with E-state index in [1.54, 1.807) is 17.6 Å². The van der Waals surface area contributed by atoms with Crippen molar-refractivity contribution in [1.29, 1.82) is 0 Å². The first-order chi connectivity index (χ1) is 10.8. The van der Waals surface area contributed by atoms with Gasteiger partial charge in [0.2, 0.25) is 0 Å². The molecule has 0 fully saturated rings. The topological polar surface area (TPSA) is 62.5 Å². The van der Waals surface area contributed by atoms with Crippen LogP contribution in [0.4, 0.5) is 0 Å². The molecule has 2 heterocycles. The molecule has 2 aromatic heterocycles. The highest BCUT2D eigenvalue weighted by atomic mass is 127. The Morgan fingerprint density at radius 3 is 2.70 bits per heavy atom. The second kappa shape index (κ2) is 11.4. The molecule has 0 amide bonds. The largest absolute Gasteiger partial charge is 0.469 e. The number of thiazole rings is 1. The van der Waals surface area contributed by atoms with Crippen LogP contribution < -0.4 is 10.6 Å². The van der Waals surface area contributed by atoms with Gasteiger partial charge in [-0.15, -0.1) is 35.3 Å². The van der Waals surface area contributed by atoms with Crippen LogP contribution in [0.3, 0.4) is 0 Å². The molecule has 2 rings (SSSR count). The summed E-state index contributed by atoms with van der Waals surface area (Å²) in [5, 5.41) is 7.88. The van der Waals surface area contributed by atoms with E-state index in [0.717, 1.165) is 55.6 Å². The summed E-state index contributed by atoms with van der Waals surface area (Å²) in [5.74, 6) is 1.85. The molecule has 0 saturated carbocycles. The van der Waals surface area contributed by atoms with Gasteiger partial charge in [0.15, 0.2) is 5.96 Å². The van der Waals surface area contributed by atoms with Crippen LogP contribution in [-0.2, 0) is 12.8 Å². The molecule has 0 aliphatic carbocycles. The summed E-state index contributed by atoms with van der Waals surface area (Å²) in [5.41, 5.74) is 0. The number of rotatable bonds is 8. The molecule has 0 unspecified atom stereocenters. The lowest BCUT2D eigenvalue weighted by molar-refractivity contribution is 0.506. The molecular formula is C16H25IN4OS. The van der Waals surface area contributed by atoms with E-state index < -0.39 is 0 Å². The van der Waals surface area contributed by atoms with Crippen LogP contribution in [-0.4, -0.2) is 30.6 Å². The number of aryl methyl sites for hydroxylation is 1. The molecule has 7 heteroatoms. The zero-order valence-electron chi connectivity index (χ0n) is 13.7. The predicted molar refractivity (Wildman–Crippen MR) is 107 cm³/mol. The van der Waals surface area contributed by atoms with Crippen molar-refractivity contribution in [1.82, 2.24) is 15.6 Å². The molecule has 0 aromatic carbocycles. The van der Waals surface area contributed by atoms with Crippen LogP contribution in [0.25, 0.3) is 0 Å². The van der Waals surface area contributed by atoms with Crippen LogP contribution >= 0.6 is 35.3 Å². The van der Waals surface area contributed by atoms with Gasteiger partial charge in [-0.3, -0.25) is 4.99 Å². The smallest absolute Gasteiger partial charge is 0.191 e. The minimum absolute atomic E-state index is 0. The van der Waals surface area contributed by atoms with Crippen molar-refractivity contribution in [3.8, 4) is 0 Å². The lowest BCUT2D eigenvalue weighted by atomic mass is 10.3. The third-order valence-corrected chi connectivity index (χ3v) is 4.01. The molecule has 128 valence electrons. The number of nitrogens with one attached hydrogen (secondary N) is 2. The Morgan fingerprint density at radius 2 is 2.09 bits per heavy atom. The highest BCUT2D eigenvalue weighted by Gasteiger charge is 2.02. The summed E-state index contributed by atoms with van der Waals surface area (Å²) in [6, 6.07) is 3.90. The van der Waals surface area contributed by atoms with Crippen molar-refractivity contribution in [3.05, 3.63) is 40.2 Å². The van der Waals surface area contributed by atoms with Crippen LogP contribution in [0.1, 0.15) is 29.0 Å². The molecular weight excluding hydrogens is 423 g/mol. The standard InChI is InChI=1S/C16H24N4OS.HI/c1-3-8-17-16(18-9-6-14-5-4-11-21-14)19-10-7-15-20-12-13(2)22-15;/h4-5,11-12H,3,6-10H2,1-2H3,(H2,17,18,19);1H. The molecule has 23 heavy (non-hydrogen) atoms. The monoisotopic (exact) mass is 448 g/mol. The number of hydrogen-bond acceptors (Lipinski definition) is 4. The fourth-order valence-electron chi connectivity index (χ4n) is 1.96. The van der Waals surface area contributed by atoms with Gasteiger partial charge in [-0.1, -0.05) is 6.92 Å². The van der Waals surface area contributed by atoms with Gasteiger partial charge in [0.05, 0.1) is 11.3 Å². The Morgan fingerprint density at radius 1 is 1.30 bits per heavy atom. The van der Waals surface area contributed by atoms with E-state index in [1.165, 1.54) is 4.88 Å². The van der Waals surface area contributed by atoms with E-state index in [2.05, 4.69) is 34.5 Å². The van der Waals surface area contributed by atoms with Crippen molar-refractivity contribution >= 4 is 41.3 Å². The summed E-state index contributed by atoms with van der Waals surface area (Å²) >= 11 is 1.75. The molecule has 2 aromatic rings. The summed E-state index contributed by atoms with van der Waals surface area (Å²) in [7, 11) is 0. The van der Waals surface area contributed by atoms with Crippen molar-refractivity contribution < 1.29 is 4.42 Å². The molecule has 0 aliphatic rings. The maximum Gasteiger partial charge on any atom is 0.191 e. The summed E-state index contributed by atoms with van der Waals surface area (Å²) in [6.45, 7) is 6.68. The fraction of sp³-hybridized carbons (Fsp3) is 0.500. The van der Waals surface area contributed by atoms with Gasteiger partial charge in [0, 0.05) is 43.5 Å². The SMILES string of the molecule is CCCN=C(NCCc1ccco1)NCCc1ncc(C)s1.I. The minimum atomic E-state index is 0. The highest BCUT2D eigenvalue weighted by molar-refractivity contribution is 14.0. The van der Waals surface area contributed by atoms with Crippen LogP contribution in [0, 0.1) is 6.92 Å². The van der Waals surface area contributed by atoms with E-state index in [-0.39, 0.29) is 24.0 Å². The van der Waals surface area contributed by atoms with Crippen molar-refractivity contribution in [2.75, 3.05) is 19.6 Å². The Kier molecular flexibility index (Phi) is 9.93. The maximum atomic E-state index is 5.33. The van der Waals surface area contributed by atoms with Crippen LogP contribution in [0.5, 0.6) is 0 Å². The molecule has 0 spiro atoms. The Labute approximate surface area is 159 Å². The molecule has 2 N–H and O–H groups in total. The molecule has 0 bridgehead atoms. The maximum absolute atomic E-state index is 5.33. The third-order valence-electron chi connectivity index (χ3n) is 3.04. The minimum Gasteiger partial charge on any atom is -0.469 e. The van der Waals surface area contributed by atoms with Gasteiger partial charge >= 0.3 is 0 Å². The second-order valence-corrected chi connectivity index (χ2v) is 6.35. The van der Waals surface area contributed by atoms with Crippen LogP contribution in [0.15, 0.2) is 34.0 Å². The first-order valence-corrected chi connectivity index (χ1v) is 8.55. The zero-order valence-corrected chi connectivity index (χ0v) is 16.8. The fourth-order valence-corrected chi connectivity index (χ4v) is 2.75. The first-order valence-electron chi connectivity index (χ1n) is 7.74. The molecule has 0 aliphatic heterocycles. The number of hydrogen-bond donors (Lipinski definition) is 2. The number of halogens is 1. The quantitative estimate of drug-likeness (QED) is 0.369. The zero-order chi connectivity index (χ0) is 15.6. The van der Waals surface area contributed by atoms with Gasteiger partial charge in [-0.05, 0) is 25.5 Å². The average molecular weight is 448 g/mol. The van der Waals surface area contributed by atoms with E-state index in [9.17, 15) is 0 Å². The van der Waals surface area contributed by atoms with Crippen molar-refractivity contribution in [3.63, 3.8) is 0 Å². The molecule has 0 saturated heterocycles. The Balaban J connectivity index is 0.00000264. The van der Waals surface area contributed by atoms with Gasteiger partial charge in [-0.2, -0.15) is 0 Å². The number of aliphatic imine (C=N–C) groups is 1. The Bertz CT molecular complexity index is 568. The number of guanidine groups is 1. The van der Waals surface area contributed by atoms with Crippen molar-refractivity contribution in [2.45, 2.75) is 33.1 Å².